The summed E-state index contributed by atoms with van der Waals surface area (Å²) in [6, 6.07) is 7.40. The molecule has 166 valence electrons. The van der Waals surface area contributed by atoms with Gasteiger partial charge in [-0.25, -0.2) is 13.2 Å². The number of benzene rings is 2. The summed E-state index contributed by atoms with van der Waals surface area (Å²) < 4.78 is 41.9. The molecule has 1 aromatic heterocycles. The lowest BCUT2D eigenvalue weighted by Crippen LogP contribution is -2.52. The van der Waals surface area contributed by atoms with Crippen LogP contribution in [0.25, 0.3) is 22.2 Å². The lowest BCUT2D eigenvalue weighted by molar-refractivity contribution is -0.133. The molecule has 2 heterocycles. The van der Waals surface area contributed by atoms with Crippen LogP contribution in [-0.2, 0) is 9.59 Å². The van der Waals surface area contributed by atoms with Gasteiger partial charge >= 0.3 is 0 Å². The molecular weight excluding hydrogens is 419 g/mol. The van der Waals surface area contributed by atoms with Crippen LogP contribution in [0.5, 0.6) is 0 Å². The number of H-pyrrole nitrogens is 1. The molecule has 0 radical (unpaired) electrons. The van der Waals surface area contributed by atoms with Crippen LogP contribution < -0.4 is 10.6 Å². The molecule has 8 heteroatoms. The molecule has 2 fully saturated rings. The predicted octanol–water partition coefficient (Wildman–Crippen LogP) is 4.14. The summed E-state index contributed by atoms with van der Waals surface area (Å²) in [6.45, 7) is 0.622. The standard InChI is InChI=1S/C24H22F3N3O2/c25-15-5-3-12(4-6-15)21-20(17-10-16(26)11-18(27)22(17)30-21)13-8-14(9-13)23(31)29-19-2-1-7-28-24(19)32/h3-6,10-11,13-14,19,30H,1-2,7-9H2,(H,28,32)(H,29,31). The van der Waals surface area contributed by atoms with Gasteiger partial charge in [0.2, 0.25) is 11.8 Å². The molecule has 5 rings (SSSR count). The van der Waals surface area contributed by atoms with E-state index in [2.05, 4.69) is 15.6 Å². The molecular formula is C24H22F3N3O2. The third-order valence-corrected chi connectivity index (χ3v) is 6.52. The Balaban J connectivity index is 1.42. The van der Waals surface area contributed by atoms with Crippen LogP contribution in [0.2, 0.25) is 0 Å². The van der Waals surface area contributed by atoms with Crippen molar-refractivity contribution in [2.75, 3.05) is 6.54 Å². The highest BCUT2D eigenvalue weighted by Gasteiger charge is 2.39. The van der Waals surface area contributed by atoms with E-state index in [0.717, 1.165) is 18.1 Å². The number of carbonyl (C=O) groups excluding carboxylic acids is 2. The summed E-state index contributed by atoms with van der Waals surface area (Å²) in [5.74, 6) is -2.49. The zero-order valence-electron chi connectivity index (χ0n) is 17.2. The number of amides is 2. The van der Waals surface area contributed by atoms with Crippen molar-refractivity contribution in [3.63, 3.8) is 0 Å². The molecule has 3 aromatic rings. The Bertz CT molecular complexity index is 1200. The Labute approximate surface area is 182 Å². The first-order chi connectivity index (χ1) is 15.4. The average Bonchev–Trinajstić information content (AvgIpc) is 3.09. The Hall–Kier alpha value is -3.29. The van der Waals surface area contributed by atoms with E-state index < -0.39 is 23.5 Å². The van der Waals surface area contributed by atoms with Crippen LogP contribution in [0, 0.1) is 23.4 Å². The molecule has 1 saturated carbocycles. The largest absolute Gasteiger partial charge is 0.354 e. The maximum Gasteiger partial charge on any atom is 0.242 e. The third-order valence-electron chi connectivity index (χ3n) is 6.52. The monoisotopic (exact) mass is 441 g/mol. The fourth-order valence-electron chi connectivity index (χ4n) is 4.78. The smallest absolute Gasteiger partial charge is 0.242 e. The number of carbonyl (C=O) groups is 2. The van der Waals surface area contributed by atoms with Crippen LogP contribution in [-0.4, -0.2) is 29.4 Å². The molecule has 2 amide bonds. The molecule has 1 atom stereocenters. The van der Waals surface area contributed by atoms with Crippen molar-refractivity contribution in [2.45, 2.75) is 37.6 Å². The number of aromatic nitrogens is 1. The SMILES string of the molecule is O=C(NC1CCCNC1=O)C1CC(c2c(-c3ccc(F)cc3)[nH]c3c(F)cc(F)cc23)C1. The maximum absolute atomic E-state index is 14.5. The van der Waals surface area contributed by atoms with E-state index >= 15 is 0 Å². The molecule has 1 aliphatic heterocycles. The molecule has 2 aromatic carbocycles. The molecule has 5 nitrogen and oxygen atoms in total. The summed E-state index contributed by atoms with van der Waals surface area (Å²) in [5, 5.41) is 6.00. The molecule has 2 aliphatic rings. The van der Waals surface area contributed by atoms with Crippen LogP contribution in [0.4, 0.5) is 13.2 Å². The van der Waals surface area contributed by atoms with E-state index in [-0.39, 0.29) is 29.2 Å². The van der Waals surface area contributed by atoms with Crippen LogP contribution in [0.15, 0.2) is 36.4 Å². The van der Waals surface area contributed by atoms with Gasteiger partial charge in [-0.3, -0.25) is 9.59 Å². The van der Waals surface area contributed by atoms with Gasteiger partial charge in [0.1, 0.15) is 23.5 Å². The molecule has 0 spiro atoms. The third kappa shape index (κ3) is 3.63. The van der Waals surface area contributed by atoms with Gasteiger partial charge in [0, 0.05) is 23.9 Å². The quantitative estimate of drug-likeness (QED) is 0.569. The van der Waals surface area contributed by atoms with E-state index in [1.54, 1.807) is 12.1 Å². The summed E-state index contributed by atoms with van der Waals surface area (Å²) in [4.78, 5) is 27.6. The average molecular weight is 441 g/mol. The molecule has 3 N–H and O–H groups in total. The zero-order chi connectivity index (χ0) is 22.4. The molecule has 1 saturated heterocycles. The van der Waals surface area contributed by atoms with Crippen molar-refractivity contribution >= 4 is 22.7 Å². The Morgan fingerprint density at radius 1 is 1.03 bits per heavy atom. The highest BCUT2D eigenvalue weighted by molar-refractivity contribution is 5.93. The van der Waals surface area contributed by atoms with Crippen LogP contribution in [0.1, 0.15) is 37.2 Å². The molecule has 0 bridgehead atoms. The molecule has 1 unspecified atom stereocenters. The second kappa shape index (κ2) is 8.00. The number of nitrogens with one attached hydrogen (secondary N) is 3. The number of hydrogen-bond acceptors (Lipinski definition) is 2. The first-order valence-electron chi connectivity index (χ1n) is 10.8. The van der Waals surface area contributed by atoms with E-state index in [4.69, 9.17) is 0 Å². The Morgan fingerprint density at radius 2 is 1.78 bits per heavy atom. The van der Waals surface area contributed by atoms with E-state index in [0.29, 0.717) is 42.5 Å². The van der Waals surface area contributed by atoms with E-state index in [1.807, 2.05) is 0 Å². The lowest BCUT2D eigenvalue weighted by Gasteiger charge is -2.36. The molecule has 1 aliphatic carbocycles. The highest BCUT2D eigenvalue weighted by atomic mass is 19.1. The first-order valence-corrected chi connectivity index (χ1v) is 10.8. The number of hydrogen-bond donors (Lipinski definition) is 3. The minimum atomic E-state index is -0.702. The van der Waals surface area contributed by atoms with Gasteiger partial charge in [-0.15, -0.1) is 0 Å². The Kier molecular flexibility index (Phi) is 5.15. The minimum Gasteiger partial charge on any atom is -0.354 e. The van der Waals surface area contributed by atoms with Crippen molar-refractivity contribution in [1.29, 1.82) is 0 Å². The van der Waals surface area contributed by atoms with Crippen molar-refractivity contribution in [2.24, 2.45) is 5.92 Å². The van der Waals surface area contributed by atoms with Gasteiger partial charge in [0.15, 0.2) is 0 Å². The number of rotatable bonds is 4. The molecule has 32 heavy (non-hydrogen) atoms. The van der Waals surface area contributed by atoms with Gasteiger partial charge in [0.25, 0.3) is 0 Å². The first kappa shape index (κ1) is 20.6. The van der Waals surface area contributed by atoms with E-state index in [9.17, 15) is 22.8 Å². The highest BCUT2D eigenvalue weighted by Crippen LogP contribution is 2.48. The lowest BCUT2D eigenvalue weighted by atomic mass is 9.69. The van der Waals surface area contributed by atoms with Crippen LogP contribution in [0.3, 0.4) is 0 Å². The number of piperidine rings is 1. The summed E-state index contributed by atoms with van der Waals surface area (Å²) >= 11 is 0. The summed E-state index contributed by atoms with van der Waals surface area (Å²) in [7, 11) is 0. The van der Waals surface area contributed by atoms with Crippen molar-refractivity contribution in [1.82, 2.24) is 15.6 Å². The van der Waals surface area contributed by atoms with Gasteiger partial charge in [-0.05, 0) is 73.1 Å². The summed E-state index contributed by atoms with van der Waals surface area (Å²) in [6.07, 6.45) is 2.43. The predicted molar refractivity (Wildman–Crippen MR) is 113 cm³/mol. The van der Waals surface area contributed by atoms with Crippen LogP contribution >= 0.6 is 0 Å². The fourth-order valence-corrected chi connectivity index (χ4v) is 4.78. The van der Waals surface area contributed by atoms with Gasteiger partial charge < -0.3 is 15.6 Å². The Morgan fingerprint density at radius 3 is 2.50 bits per heavy atom. The normalized spacial score (nSPS) is 23.0. The van der Waals surface area contributed by atoms with Crippen molar-refractivity contribution < 1.29 is 22.8 Å². The van der Waals surface area contributed by atoms with Crippen molar-refractivity contribution in [3.05, 3.63) is 59.4 Å². The second-order valence-electron chi connectivity index (χ2n) is 8.59. The number of fused-ring (bicyclic) bond motifs is 1. The topological polar surface area (TPSA) is 74.0 Å². The van der Waals surface area contributed by atoms with Crippen molar-refractivity contribution in [3.8, 4) is 11.3 Å². The maximum atomic E-state index is 14.5. The summed E-state index contributed by atoms with van der Waals surface area (Å²) in [5.41, 5.74) is 2.17. The minimum absolute atomic E-state index is 0.0964. The zero-order valence-corrected chi connectivity index (χ0v) is 17.2. The number of halogens is 3. The fraction of sp³-hybridized carbons (Fsp3) is 0.333. The number of aromatic amines is 1. The van der Waals surface area contributed by atoms with Gasteiger partial charge in [-0.1, -0.05) is 0 Å². The van der Waals surface area contributed by atoms with E-state index in [1.165, 1.54) is 18.2 Å². The van der Waals surface area contributed by atoms with Gasteiger partial charge in [0.05, 0.1) is 11.2 Å². The van der Waals surface area contributed by atoms with Gasteiger partial charge in [-0.2, -0.15) is 0 Å². The second-order valence-corrected chi connectivity index (χ2v) is 8.59.